The van der Waals surface area contributed by atoms with Crippen molar-refractivity contribution in [1.82, 2.24) is 14.7 Å². The molecule has 0 saturated carbocycles. The molecule has 1 amide bonds. The minimum atomic E-state index is -0.467. The Morgan fingerprint density at radius 2 is 2.12 bits per heavy atom. The molecule has 0 aliphatic rings. The molecule has 1 unspecified atom stereocenters. The molecule has 0 spiro atoms. The molecule has 2 N–H and O–H groups in total. The van der Waals surface area contributed by atoms with Gasteiger partial charge in [-0.3, -0.25) is 14.9 Å². The van der Waals surface area contributed by atoms with Gasteiger partial charge in [-0.2, -0.15) is 5.10 Å². The highest BCUT2D eigenvalue weighted by molar-refractivity contribution is 5.92. The van der Waals surface area contributed by atoms with Crippen LogP contribution in [-0.4, -0.2) is 45.1 Å². The van der Waals surface area contributed by atoms with Crippen LogP contribution in [0.2, 0.25) is 0 Å². The van der Waals surface area contributed by atoms with Crippen molar-refractivity contribution >= 4 is 11.6 Å². The van der Waals surface area contributed by atoms with Crippen LogP contribution in [0.3, 0.4) is 0 Å². The fraction of sp³-hybridized carbons (Fsp3) is 0.412. The van der Waals surface area contributed by atoms with E-state index in [0.717, 1.165) is 0 Å². The molecule has 8 heteroatoms. The summed E-state index contributed by atoms with van der Waals surface area (Å²) in [5.41, 5.74) is 6.79. The van der Waals surface area contributed by atoms with Crippen LogP contribution < -0.4 is 5.73 Å². The van der Waals surface area contributed by atoms with Gasteiger partial charge in [0, 0.05) is 38.0 Å². The highest BCUT2D eigenvalue weighted by Crippen LogP contribution is 2.16. The smallest absolute Gasteiger partial charge is 0.274 e. The van der Waals surface area contributed by atoms with E-state index in [1.165, 1.54) is 16.8 Å². The normalized spacial score (nSPS) is 12.2. The van der Waals surface area contributed by atoms with Crippen molar-refractivity contribution in [3.05, 3.63) is 52.3 Å². The lowest BCUT2D eigenvalue weighted by atomic mass is 10.0. The predicted octanol–water partition coefficient (Wildman–Crippen LogP) is 2.23. The number of benzene rings is 1. The standard InChI is InChI=1S/C17H23N5O3/c1-12(2)15(18)7-9-20(3)17(23)16-8-10-21(19-16)13-5-4-6-14(11-13)22(24)25/h4-6,8,10-12,15H,7,9,18H2,1-3H3. The van der Waals surface area contributed by atoms with Gasteiger partial charge in [-0.15, -0.1) is 0 Å². The van der Waals surface area contributed by atoms with E-state index in [1.807, 2.05) is 13.8 Å². The summed E-state index contributed by atoms with van der Waals surface area (Å²) in [6.07, 6.45) is 2.32. The number of aromatic nitrogens is 2. The van der Waals surface area contributed by atoms with Crippen LogP contribution in [0, 0.1) is 16.0 Å². The molecule has 0 saturated heterocycles. The second-order valence-corrected chi connectivity index (χ2v) is 6.35. The van der Waals surface area contributed by atoms with Crippen LogP contribution in [0.5, 0.6) is 0 Å². The van der Waals surface area contributed by atoms with Crippen LogP contribution in [-0.2, 0) is 0 Å². The molecule has 0 radical (unpaired) electrons. The number of rotatable bonds is 7. The highest BCUT2D eigenvalue weighted by Gasteiger charge is 2.17. The number of nitro groups is 1. The van der Waals surface area contributed by atoms with Crippen molar-refractivity contribution in [1.29, 1.82) is 0 Å². The number of nitrogens with two attached hydrogens (primary N) is 1. The molecule has 0 aliphatic heterocycles. The Labute approximate surface area is 146 Å². The average Bonchev–Trinajstić information content (AvgIpc) is 3.08. The first-order valence-electron chi connectivity index (χ1n) is 8.11. The molecule has 134 valence electrons. The molecule has 0 fully saturated rings. The summed E-state index contributed by atoms with van der Waals surface area (Å²) < 4.78 is 1.45. The third kappa shape index (κ3) is 4.63. The molecule has 8 nitrogen and oxygen atoms in total. The van der Waals surface area contributed by atoms with Gasteiger partial charge >= 0.3 is 0 Å². The van der Waals surface area contributed by atoms with Crippen LogP contribution >= 0.6 is 0 Å². The topological polar surface area (TPSA) is 107 Å². The van der Waals surface area contributed by atoms with E-state index in [2.05, 4.69) is 5.10 Å². The molecular weight excluding hydrogens is 322 g/mol. The minimum absolute atomic E-state index is 0.0272. The predicted molar refractivity (Wildman–Crippen MR) is 94.6 cm³/mol. The van der Waals surface area contributed by atoms with Crippen molar-refractivity contribution in [3.8, 4) is 5.69 Å². The van der Waals surface area contributed by atoms with E-state index in [1.54, 1.807) is 36.3 Å². The molecule has 0 aliphatic carbocycles. The lowest BCUT2D eigenvalue weighted by molar-refractivity contribution is -0.384. The number of carbonyl (C=O) groups is 1. The molecule has 1 aromatic carbocycles. The highest BCUT2D eigenvalue weighted by atomic mass is 16.6. The summed E-state index contributed by atoms with van der Waals surface area (Å²) in [6.45, 7) is 4.64. The Hall–Kier alpha value is -2.74. The Morgan fingerprint density at radius 3 is 2.76 bits per heavy atom. The van der Waals surface area contributed by atoms with Crippen molar-refractivity contribution < 1.29 is 9.72 Å². The Balaban J connectivity index is 2.08. The number of amides is 1. The first-order valence-corrected chi connectivity index (χ1v) is 8.11. The van der Waals surface area contributed by atoms with Crippen molar-refractivity contribution in [2.45, 2.75) is 26.3 Å². The molecule has 1 atom stereocenters. The van der Waals surface area contributed by atoms with E-state index in [0.29, 0.717) is 24.6 Å². The maximum Gasteiger partial charge on any atom is 0.274 e. The zero-order valence-electron chi connectivity index (χ0n) is 14.6. The molecule has 1 aromatic heterocycles. The number of non-ortho nitro benzene ring substituents is 1. The minimum Gasteiger partial charge on any atom is -0.340 e. The number of nitro benzene ring substituents is 1. The SMILES string of the molecule is CC(C)C(N)CCN(C)C(=O)c1ccn(-c2cccc([N+](=O)[O-])c2)n1. The maximum absolute atomic E-state index is 12.4. The van der Waals surface area contributed by atoms with E-state index >= 15 is 0 Å². The van der Waals surface area contributed by atoms with Crippen LogP contribution in [0.4, 0.5) is 5.69 Å². The average molecular weight is 345 g/mol. The maximum atomic E-state index is 12.4. The van der Waals surface area contributed by atoms with Crippen LogP contribution in [0.25, 0.3) is 5.69 Å². The number of hydrogen-bond donors (Lipinski definition) is 1. The number of carbonyl (C=O) groups excluding carboxylic acids is 1. The van der Waals surface area contributed by atoms with E-state index in [-0.39, 0.29) is 23.3 Å². The summed E-state index contributed by atoms with van der Waals surface area (Å²) >= 11 is 0. The first-order chi connectivity index (χ1) is 11.8. The molecule has 2 rings (SSSR count). The van der Waals surface area contributed by atoms with Gasteiger partial charge in [0.1, 0.15) is 0 Å². The molecule has 1 heterocycles. The van der Waals surface area contributed by atoms with Gasteiger partial charge in [-0.05, 0) is 24.5 Å². The Morgan fingerprint density at radius 1 is 1.40 bits per heavy atom. The zero-order valence-corrected chi connectivity index (χ0v) is 14.6. The summed E-state index contributed by atoms with van der Waals surface area (Å²) in [4.78, 5) is 24.4. The van der Waals surface area contributed by atoms with E-state index < -0.39 is 4.92 Å². The third-order valence-corrected chi connectivity index (χ3v) is 4.11. The monoisotopic (exact) mass is 345 g/mol. The second-order valence-electron chi connectivity index (χ2n) is 6.35. The van der Waals surface area contributed by atoms with Gasteiger partial charge in [-0.25, -0.2) is 4.68 Å². The second kappa shape index (κ2) is 7.89. The summed E-state index contributed by atoms with van der Waals surface area (Å²) in [6, 6.07) is 7.73. The van der Waals surface area contributed by atoms with Crippen molar-refractivity contribution in [2.75, 3.05) is 13.6 Å². The van der Waals surface area contributed by atoms with Crippen molar-refractivity contribution in [2.24, 2.45) is 11.7 Å². The van der Waals surface area contributed by atoms with Gasteiger partial charge in [-0.1, -0.05) is 19.9 Å². The lowest BCUT2D eigenvalue weighted by Gasteiger charge is -2.20. The van der Waals surface area contributed by atoms with Gasteiger partial charge in [0.25, 0.3) is 11.6 Å². The molecule has 25 heavy (non-hydrogen) atoms. The summed E-state index contributed by atoms with van der Waals surface area (Å²) in [5.74, 6) is 0.150. The Kier molecular flexibility index (Phi) is 5.87. The summed E-state index contributed by atoms with van der Waals surface area (Å²) in [5, 5.41) is 15.1. The van der Waals surface area contributed by atoms with Gasteiger partial charge in [0.15, 0.2) is 5.69 Å². The van der Waals surface area contributed by atoms with Gasteiger partial charge in [0.05, 0.1) is 10.6 Å². The van der Waals surface area contributed by atoms with Gasteiger partial charge in [0.2, 0.25) is 0 Å². The van der Waals surface area contributed by atoms with E-state index in [4.69, 9.17) is 5.73 Å². The Bertz CT molecular complexity index is 756. The third-order valence-electron chi connectivity index (χ3n) is 4.11. The van der Waals surface area contributed by atoms with Crippen LogP contribution in [0.15, 0.2) is 36.5 Å². The van der Waals surface area contributed by atoms with Gasteiger partial charge < -0.3 is 10.6 Å². The zero-order chi connectivity index (χ0) is 18.6. The molecular formula is C17H23N5O3. The van der Waals surface area contributed by atoms with E-state index in [9.17, 15) is 14.9 Å². The number of hydrogen-bond acceptors (Lipinski definition) is 5. The quantitative estimate of drug-likeness (QED) is 0.611. The number of nitrogens with zero attached hydrogens (tertiary/aromatic N) is 4. The largest absolute Gasteiger partial charge is 0.340 e. The summed E-state index contributed by atoms with van der Waals surface area (Å²) in [7, 11) is 1.71. The lowest BCUT2D eigenvalue weighted by Crippen LogP contribution is -2.34. The van der Waals surface area contributed by atoms with Crippen molar-refractivity contribution in [3.63, 3.8) is 0 Å². The fourth-order valence-corrected chi connectivity index (χ4v) is 2.30. The first kappa shape index (κ1) is 18.6. The van der Waals surface area contributed by atoms with Crippen LogP contribution in [0.1, 0.15) is 30.8 Å². The molecule has 0 bridgehead atoms. The fourth-order valence-electron chi connectivity index (χ4n) is 2.30. The molecule has 2 aromatic rings.